The number of amides is 1. The molecule has 0 spiro atoms. The van der Waals surface area contributed by atoms with Crippen molar-refractivity contribution in [3.63, 3.8) is 0 Å². The second kappa shape index (κ2) is 5.81. The minimum absolute atomic E-state index is 0.119. The van der Waals surface area contributed by atoms with E-state index in [0.717, 1.165) is 0 Å². The molecule has 0 saturated heterocycles. The number of carbonyl (C=O) groups excluding carboxylic acids is 1. The zero-order chi connectivity index (χ0) is 14.8. The molecule has 20 heavy (non-hydrogen) atoms. The second-order valence-corrected chi connectivity index (χ2v) is 6.48. The lowest BCUT2D eigenvalue weighted by atomic mass is 9.91. The quantitative estimate of drug-likeness (QED) is 0.853. The number of hydrogen-bond acceptors (Lipinski definition) is 4. The summed E-state index contributed by atoms with van der Waals surface area (Å²) in [6, 6.07) is 7.09. The van der Waals surface area contributed by atoms with Gasteiger partial charge in [-0.15, -0.1) is 11.3 Å². The van der Waals surface area contributed by atoms with Crippen LogP contribution in [0.5, 0.6) is 0 Å². The molecular formula is C14H16ClN3OS. The fraction of sp³-hybridized carbons (Fsp3) is 0.286. The van der Waals surface area contributed by atoms with Crippen molar-refractivity contribution >= 4 is 34.7 Å². The number of rotatable bonds is 4. The van der Waals surface area contributed by atoms with Crippen molar-refractivity contribution in [3.8, 4) is 0 Å². The molecule has 0 unspecified atom stereocenters. The Morgan fingerprint density at radius 3 is 2.85 bits per heavy atom. The molecule has 1 amide bonds. The highest BCUT2D eigenvalue weighted by atomic mass is 35.5. The average Bonchev–Trinajstić information content (AvgIpc) is 2.89. The molecule has 0 saturated carbocycles. The normalized spacial score (nSPS) is 11.3. The second-order valence-electron chi connectivity index (χ2n) is 5.15. The average molecular weight is 310 g/mol. The number of hydrogen-bond donors (Lipinski definition) is 2. The smallest absolute Gasteiger partial charge is 0.251 e. The van der Waals surface area contributed by atoms with Gasteiger partial charge in [0.2, 0.25) is 0 Å². The van der Waals surface area contributed by atoms with Crippen LogP contribution in [0.2, 0.25) is 5.15 Å². The van der Waals surface area contributed by atoms with Crippen molar-refractivity contribution in [2.75, 3.05) is 12.3 Å². The molecule has 0 radical (unpaired) electrons. The Labute approximate surface area is 127 Å². The maximum atomic E-state index is 12.1. The molecule has 0 aliphatic rings. The summed E-state index contributed by atoms with van der Waals surface area (Å²) in [7, 11) is 0. The summed E-state index contributed by atoms with van der Waals surface area (Å²) in [5, 5.41) is 5.15. The first-order valence-electron chi connectivity index (χ1n) is 6.14. The SMILES string of the molecule is CC(C)(CNC(=O)c1cc(N)nc(Cl)c1)c1cccs1. The van der Waals surface area contributed by atoms with Crippen LogP contribution in [0.1, 0.15) is 29.1 Å². The van der Waals surface area contributed by atoms with E-state index in [1.54, 1.807) is 11.3 Å². The van der Waals surface area contributed by atoms with Crippen LogP contribution in [0.4, 0.5) is 5.82 Å². The molecule has 0 aromatic carbocycles. The fourth-order valence-electron chi connectivity index (χ4n) is 1.80. The van der Waals surface area contributed by atoms with Gasteiger partial charge in [-0.05, 0) is 23.6 Å². The Morgan fingerprint density at radius 1 is 1.50 bits per heavy atom. The number of nitrogen functional groups attached to an aromatic ring is 1. The molecule has 6 heteroatoms. The molecule has 0 fully saturated rings. The van der Waals surface area contributed by atoms with Crippen LogP contribution in [-0.2, 0) is 5.41 Å². The van der Waals surface area contributed by atoms with Gasteiger partial charge in [0, 0.05) is 22.4 Å². The predicted molar refractivity (Wildman–Crippen MR) is 83.3 cm³/mol. The summed E-state index contributed by atoms with van der Waals surface area (Å²) in [5.74, 6) is 0.0331. The van der Waals surface area contributed by atoms with E-state index in [4.69, 9.17) is 17.3 Å². The zero-order valence-corrected chi connectivity index (χ0v) is 12.9. The highest BCUT2D eigenvalue weighted by Gasteiger charge is 2.22. The van der Waals surface area contributed by atoms with Crippen LogP contribution >= 0.6 is 22.9 Å². The first-order valence-corrected chi connectivity index (χ1v) is 7.39. The number of aromatic nitrogens is 1. The molecule has 4 nitrogen and oxygen atoms in total. The van der Waals surface area contributed by atoms with Crippen molar-refractivity contribution < 1.29 is 4.79 Å². The van der Waals surface area contributed by atoms with Crippen molar-refractivity contribution in [2.45, 2.75) is 19.3 Å². The van der Waals surface area contributed by atoms with E-state index in [1.807, 2.05) is 11.4 Å². The van der Waals surface area contributed by atoms with Crippen LogP contribution in [0.25, 0.3) is 0 Å². The third kappa shape index (κ3) is 3.49. The summed E-state index contributed by atoms with van der Waals surface area (Å²) < 4.78 is 0. The van der Waals surface area contributed by atoms with Gasteiger partial charge in [-0.2, -0.15) is 0 Å². The molecule has 3 N–H and O–H groups in total. The minimum atomic E-state index is -0.203. The number of nitrogens with zero attached hydrogens (tertiary/aromatic N) is 1. The molecule has 106 valence electrons. The number of thiophene rings is 1. The van der Waals surface area contributed by atoms with Crippen molar-refractivity contribution in [3.05, 3.63) is 45.2 Å². The van der Waals surface area contributed by atoms with Crippen molar-refractivity contribution in [2.24, 2.45) is 0 Å². The third-order valence-corrected chi connectivity index (χ3v) is 4.38. The molecule has 0 bridgehead atoms. The fourth-order valence-corrected chi connectivity index (χ4v) is 2.87. The van der Waals surface area contributed by atoms with Gasteiger partial charge >= 0.3 is 0 Å². The van der Waals surface area contributed by atoms with Crippen LogP contribution in [0, 0.1) is 0 Å². The van der Waals surface area contributed by atoms with Gasteiger partial charge in [0.05, 0.1) is 0 Å². The predicted octanol–water partition coefficient (Wildman–Crippen LogP) is 3.09. The largest absolute Gasteiger partial charge is 0.384 e. The van der Waals surface area contributed by atoms with Crippen LogP contribution < -0.4 is 11.1 Å². The van der Waals surface area contributed by atoms with Crippen LogP contribution in [0.3, 0.4) is 0 Å². The number of pyridine rings is 1. The first kappa shape index (κ1) is 14.8. The van der Waals surface area contributed by atoms with Gasteiger partial charge < -0.3 is 11.1 Å². The lowest BCUT2D eigenvalue weighted by Gasteiger charge is -2.23. The lowest BCUT2D eigenvalue weighted by molar-refractivity contribution is 0.0946. The standard InChI is InChI=1S/C14H16ClN3OS/c1-14(2,10-4-3-5-20-10)8-17-13(19)9-6-11(15)18-12(16)7-9/h3-7H,8H2,1-2H3,(H2,16,18)(H,17,19). The van der Waals surface area contributed by atoms with E-state index in [2.05, 4.69) is 30.2 Å². The van der Waals surface area contributed by atoms with E-state index in [-0.39, 0.29) is 22.3 Å². The van der Waals surface area contributed by atoms with Crippen LogP contribution in [0.15, 0.2) is 29.6 Å². The third-order valence-electron chi connectivity index (χ3n) is 2.96. The van der Waals surface area contributed by atoms with E-state index in [1.165, 1.54) is 17.0 Å². The Bertz CT molecular complexity index is 591. The topological polar surface area (TPSA) is 68.0 Å². The van der Waals surface area contributed by atoms with Crippen LogP contribution in [-0.4, -0.2) is 17.4 Å². The molecule has 0 aliphatic heterocycles. The Kier molecular flexibility index (Phi) is 4.30. The number of carbonyl (C=O) groups is 1. The van der Waals surface area contributed by atoms with Gasteiger partial charge in [-0.1, -0.05) is 31.5 Å². The van der Waals surface area contributed by atoms with Crippen molar-refractivity contribution in [1.29, 1.82) is 0 Å². The number of nitrogens with one attached hydrogen (secondary N) is 1. The lowest BCUT2D eigenvalue weighted by Crippen LogP contribution is -2.36. The van der Waals surface area contributed by atoms with E-state index < -0.39 is 0 Å². The zero-order valence-electron chi connectivity index (χ0n) is 11.3. The Balaban J connectivity index is 2.05. The maximum absolute atomic E-state index is 12.1. The first-order chi connectivity index (χ1) is 9.38. The van der Waals surface area contributed by atoms with E-state index in [0.29, 0.717) is 12.1 Å². The molecule has 2 aromatic rings. The summed E-state index contributed by atoms with van der Waals surface area (Å²) in [6.07, 6.45) is 0. The number of halogens is 1. The number of nitrogens with two attached hydrogens (primary N) is 1. The molecular weight excluding hydrogens is 294 g/mol. The van der Waals surface area contributed by atoms with Gasteiger partial charge in [-0.3, -0.25) is 4.79 Å². The van der Waals surface area contributed by atoms with Crippen molar-refractivity contribution in [1.82, 2.24) is 10.3 Å². The number of anilines is 1. The summed E-state index contributed by atoms with van der Waals surface area (Å²) in [4.78, 5) is 17.2. The highest BCUT2D eigenvalue weighted by Crippen LogP contribution is 2.26. The van der Waals surface area contributed by atoms with E-state index >= 15 is 0 Å². The monoisotopic (exact) mass is 309 g/mol. The molecule has 0 aliphatic carbocycles. The molecule has 2 aromatic heterocycles. The Hall–Kier alpha value is -1.59. The van der Waals surface area contributed by atoms with Gasteiger partial charge in [-0.25, -0.2) is 4.98 Å². The van der Waals surface area contributed by atoms with E-state index in [9.17, 15) is 4.79 Å². The summed E-state index contributed by atoms with van der Waals surface area (Å²) in [5.41, 5.74) is 5.88. The van der Waals surface area contributed by atoms with Gasteiger partial charge in [0.1, 0.15) is 11.0 Å². The summed E-state index contributed by atoms with van der Waals surface area (Å²) in [6.45, 7) is 4.71. The summed E-state index contributed by atoms with van der Waals surface area (Å²) >= 11 is 7.48. The van der Waals surface area contributed by atoms with Gasteiger partial charge in [0.25, 0.3) is 5.91 Å². The molecule has 2 heterocycles. The molecule has 2 rings (SSSR count). The Morgan fingerprint density at radius 2 is 2.25 bits per heavy atom. The highest BCUT2D eigenvalue weighted by molar-refractivity contribution is 7.10. The van der Waals surface area contributed by atoms with Gasteiger partial charge in [0.15, 0.2) is 0 Å². The minimum Gasteiger partial charge on any atom is -0.384 e. The maximum Gasteiger partial charge on any atom is 0.251 e. The molecule has 0 atom stereocenters.